The van der Waals surface area contributed by atoms with Gasteiger partial charge in [-0.15, -0.1) is 12.4 Å². The molecule has 2 fully saturated rings. The van der Waals surface area contributed by atoms with Crippen molar-refractivity contribution in [3.63, 3.8) is 0 Å². The van der Waals surface area contributed by atoms with Gasteiger partial charge in [0.15, 0.2) is 0 Å². The fraction of sp³-hybridized carbons (Fsp3) is 0.857. The van der Waals surface area contributed by atoms with Crippen molar-refractivity contribution in [1.29, 1.82) is 0 Å². The second-order valence-corrected chi connectivity index (χ2v) is 3.33. The van der Waals surface area contributed by atoms with Crippen molar-refractivity contribution in [2.45, 2.75) is 12.8 Å². The number of carboxylic acid groups (broad SMARTS) is 1. The Labute approximate surface area is 71.6 Å². The van der Waals surface area contributed by atoms with Crippen LogP contribution < -0.4 is 5.32 Å². The summed E-state index contributed by atoms with van der Waals surface area (Å²) in [7, 11) is 0. The topological polar surface area (TPSA) is 49.3 Å². The van der Waals surface area contributed by atoms with Crippen LogP contribution in [0.1, 0.15) is 12.8 Å². The third-order valence-electron chi connectivity index (χ3n) is 2.77. The number of nitrogens with one attached hydrogen (secondary N) is 1. The first-order valence-electron chi connectivity index (χ1n) is 3.70. The van der Waals surface area contributed by atoms with Crippen molar-refractivity contribution in [2.24, 2.45) is 11.3 Å². The lowest BCUT2D eigenvalue weighted by atomic mass is 9.99. The van der Waals surface area contributed by atoms with Crippen LogP contribution in [0.3, 0.4) is 0 Å². The lowest BCUT2D eigenvalue weighted by molar-refractivity contribution is -0.144. The highest BCUT2D eigenvalue weighted by Crippen LogP contribution is 2.55. The average Bonchev–Trinajstić information content (AvgIpc) is 2.61. The predicted molar refractivity (Wildman–Crippen MR) is 42.9 cm³/mol. The molecule has 0 aromatic rings. The SMILES string of the molecule is Cl.O=C(O)[C@]12CNCC[C@@H]1C2. The molecule has 0 aromatic carbocycles. The van der Waals surface area contributed by atoms with E-state index in [9.17, 15) is 4.79 Å². The Kier molecular flexibility index (Phi) is 2.12. The lowest BCUT2D eigenvalue weighted by Crippen LogP contribution is -2.36. The molecule has 0 spiro atoms. The molecule has 11 heavy (non-hydrogen) atoms. The number of carboxylic acids is 1. The summed E-state index contributed by atoms with van der Waals surface area (Å²) in [6, 6.07) is 0. The molecule has 2 N–H and O–H groups in total. The van der Waals surface area contributed by atoms with Gasteiger partial charge in [0, 0.05) is 6.54 Å². The number of rotatable bonds is 1. The van der Waals surface area contributed by atoms with E-state index in [1.807, 2.05) is 0 Å². The maximum Gasteiger partial charge on any atom is 0.311 e. The number of hydrogen-bond donors (Lipinski definition) is 2. The molecule has 0 bridgehead atoms. The molecule has 4 heteroatoms. The molecule has 0 amide bonds. The lowest BCUT2D eigenvalue weighted by Gasteiger charge is -2.18. The summed E-state index contributed by atoms with van der Waals surface area (Å²) in [4.78, 5) is 10.7. The van der Waals surface area contributed by atoms with E-state index < -0.39 is 5.97 Å². The molecule has 2 aliphatic rings. The van der Waals surface area contributed by atoms with Crippen LogP contribution in [0.25, 0.3) is 0 Å². The highest BCUT2D eigenvalue weighted by atomic mass is 35.5. The standard InChI is InChI=1S/C7H11NO2.ClH/c9-6(10)7-3-5(7)1-2-8-4-7;/h5,8H,1-4H2,(H,9,10);1H/t5-,7-;/m1./s1. The van der Waals surface area contributed by atoms with Crippen LogP contribution in [0, 0.1) is 11.3 Å². The molecule has 0 radical (unpaired) electrons. The zero-order chi connectivity index (χ0) is 7.19. The largest absolute Gasteiger partial charge is 0.481 e. The van der Waals surface area contributed by atoms with Gasteiger partial charge in [0.1, 0.15) is 0 Å². The monoisotopic (exact) mass is 177 g/mol. The molecular formula is C7H12ClNO2. The van der Waals surface area contributed by atoms with Crippen LogP contribution in [0.15, 0.2) is 0 Å². The van der Waals surface area contributed by atoms with E-state index >= 15 is 0 Å². The molecule has 1 aliphatic heterocycles. The van der Waals surface area contributed by atoms with Gasteiger partial charge in [-0.2, -0.15) is 0 Å². The molecular weight excluding hydrogens is 166 g/mol. The maximum absolute atomic E-state index is 10.7. The molecule has 3 nitrogen and oxygen atoms in total. The van der Waals surface area contributed by atoms with Crippen molar-refractivity contribution < 1.29 is 9.90 Å². The summed E-state index contributed by atoms with van der Waals surface area (Å²) >= 11 is 0. The Morgan fingerprint density at radius 2 is 2.36 bits per heavy atom. The minimum Gasteiger partial charge on any atom is -0.481 e. The quantitative estimate of drug-likeness (QED) is 0.613. The number of halogens is 1. The Morgan fingerprint density at radius 1 is 1.64 bits per heavy atom. The number of fused-ring (bicyclic) bond motifs is 1. The summed E-state index contributed by atoms with van der Waals surface area (Å²) in [6.45, 7) is 1.69. The second-order valence-electron chi connectivity index (χ2n) is 3.33. The highest BCUT2D eigenvalue weighted by molar-refractivity contribution is 5.85. The van der Waals surface area contributed by atoms with E-state index in [4.69, 9.17) is 5.11 Å². The fourth-order valence-electron chi connectivity index (χ4n) is 1.90. The van der Waals surface area contributed by atoms with Gasteiger partial charge in [-0.25, -0.2) is 0 Å². The van der Waals surface area contributed by atoms with Gasteiger partial charge in [-0.05, 0) is 25.3 Å². The Morgan fingerprint density at radius 3 is 2.82 bits per heavy atom. The van der Waals surface area contributed by atoms with Crippen LogP contribution in [-0.2, 0) is 4.79 Å². The first-order chi connectivity index (χ1) is 4.76. The first-order valence-corrected chi connectivity index (χ1v) is 3.70. The van der Waals surface area contributed by atoms with Crippen LogP contribution in [0.2, 0.25) is 0 Å². The van der Waals surface area contributed by atoms with Gasteiger partial charge in [0.05, 0.1) is 5.41 Å². The normalized spacial score (nSPS) is 40.2. The summed E-state index contributed by atoms with van der Waals surface area (Å²) in [5.41, 5.74) is -0.349. The highest BCUT2D eigenvalue weighted by Gasteiger charge is 2.60. The van der Waals surface area contributed by atoms with Crippen LogP contribution >= 0.6 is 12.4 Å². The summed E-state index contributed by atoms with van der Waals surface area (Å²) in [5, 5.41) is 11.9. The Bertz CT molecular complexity index is 185. The third kappa shape index (κ3) is 1.12. The van der Waals surface area contributed by atoms with Crippen molar-refractivity contribution in [3.05, 3.63) is 0 Å². The zero-order valence-electron chi connectivity index (χ0n) is 6.17. The van der Waals surface area contributed by atoms with Gasteiger partial charge in [-0.3, -0.25) is 4.79 Å². The third-order valence-corrected chi connectivity index (χ3v) is 2.77. The van der Waals surface area contributed by atoms with E-state index in [1.165, 1.54) is 0 Å². The van der Waals surface area contributed by atoms with Gasteiger partial charge in [0.25, 0.3) is 0 Å². The van der Waals surface area contributed by atoms with Crippen molar-refractivity contribution in [2.75, 3.05) is 13.1 Å². The van der Waals surface area contributed by atoms with Crippen molar-refractivity contribution >= 4 is 18.4 Å². The molecule has 1 heterocycles. The summed E-state index contributed by atoms with van der Waals surface area (Å²) < 4.78 is 0. The van der Waals surface area contributed by atoms with Gasteiger partial charge >= 0.3 is 5.97 Å². The molecule has 1 saturated carbocycles. The summed E-state index contributed by atoms with van der Waals surface area (Å²) in [5.74, 6) is -0.129. The predicted octanol–water partition coefficient (Wildman–Crippen LogP) is 0.492. The number of carbonyl (C=O) groups is 1. The summed E-state index contributed by atoms with van der Waals surface area (Å²) in [6.07, 6.45) is 1.95. The molecule has 0 unspecified atom stereocenters. The smallest absolute Gasteiger partial charge is 0.311 e. The van der Waals surface area contributed by atoms with Crippen LogP contribution in [0.5, 0.6) is 0 Å². The molecule has 2 atom stereocenters. The van der Waals surface area contributed by atoms with E-state index in [1.54, 1.807) is 0 Å². The molecule has 64 valence electrons. The molecule has 0 aromatic heterocycles. The van der Waals surface area contributed by atoms with Gasteiger partial charge in [0.2, 0.25) is 0 Å². The second kappa shape index (κ2) is 2.64. The number of aliphatic carboxylic acids is 1. The Hall–Kier alpha value is -0.280. The fourth-order valence-corrected chi connectivity index (χ4v) is 1.90. The first kappa shape index (κ1) is 8.81. The van der Waals surface area contributed by atoms with Gasteiger partial charge < -0.3 is 10.4 Å². The average molecular weight is 178 g/mol. The van der Waals surface area contributed by atoms with E-state index in [0.29, 0.717) is 12.5 Å². The van der Waals surface area contributed by atoms with Crippen LogP contribution in [0.4, 0.5) is 0 Å². The van der Waals surface area contributed by atoms with Crippen LogP contribution in [-0.4, -0.2) is 24.2 Å². The minimum atomic E-state index is -0.607. The molecule has 1 aliphatic carbocycles. The maximum atomic E-state index is 10.7. The van der Waals surface area contributed by atoms with Crippen molar-refractivity contribution in [1.82, 2.24) is 5.32 Å². The number of piperidine rings is 1. The Balaban J connectivity index is 0.000000605. The van der Waals surface area contributed by atoms with E-state index in [-0.39, 0.29) is 17.8 Å². The van der Waals surface area contributed by atoms with Gasteiger partial charge in [-0.1, -0.05) is 0 Å². The minimum absolute atomic E-state index is 0. The number of hydrogen-bond acceptors (Lipinski definition) is 2. The zero-order valence-corrected chi connectivity index (χ0v) is 6.99. The van der Waals surface area contributed by atoms with Crippen molar-refractivity contribution in [3.8, 4) is 0 Å². The van der Waals surface area contributed by atoms with E-state index in [2.05, 4.69) is 5.32 Å². The van der Waals surface area contributed by atoms with E-state index in [0.717, 1.165) is 19.4 Å². The molecule has 1 saturated heterocycles. The molecule has 2 rings (SSSR count).